The van der Waals surface area contributed by atoms with E-state index >= 15 is 0 Å². The predicted octanol–water partition coefficient (Wildman–Crippen LogP) is 2.21. The Morgan fingerprint density at radius 3 is 3.05 bits per heavy atom. The van der Waals surface area contributed by atoms with Crippen LogP contribution in [0.25, 0.3) is 0 Å². The minimum absolute atomic E-state index is 0.0455. The van der Waals surface area contributed by atoms with Gasteiger partial charge in [-0.3, -0.25) is 4.79 Å². The number of hydrogen-bond donors (Lipinski definition) is 2. The highest BCUT2D eigenvalue weighted by Crippen LogP contribution is 2.30. The Kier molecular flexibility index (Phi) is 5.56. The van der Waals surface area contributed by atoms with Gasteiger partial charge in [-0.25, -0.2) is 4.39 Å². The summed E-state index contributed by atoms with van der Waals surface area (Å²) in [7, 11) is 0. The van der Waals surface area contributed by atoms with Gasteiger partial charge in [-0.15, -0.1) is 0 Å². The number of para-hydroxylation sites is 1. The summed E-state index contributed by atoms with van der Waals surface area (Å²) >= 11 is 0. The highest BCUT2D eigenvalue weighted by molar-refractivity contribution is 5.82. The highest BCUT2D eigenvalue weighted by atomic mass is 19.1. The van der Waals surface area contributed by atoms with E-state index in [-0.39, 0.29) is 24.3 Å². The van der Waals surface area contributed by atoms with Crippen molar-refractivity contribution < 1.29 is 9.18 Å². The van der Waals surface area contributed by atoms with Crippen LogP contribution in [0.15, 0.2) is 18.2 Å². The van der Waals surface area contributed by atoms with Crippen molar-refractivity contribution in [2.75, 3.05) is 31.1 Å². The zero-order valence-electron chi connectivity index (χ0n) is 12.8. The van der Waals surface area contributed by atoms with Crippen LogP contribution in [0.3, 0.4) is 0 Å². The van der Waals surface area contributed by atoms with Crippen molar-refractivity contribution in [1.82, 2.24) is 10.6 Å². The minimum Gasteiger partial charge on any atom is -0.360 e. The summed E-state index contributed by atoms with van der Waals surface area (Å²) in [4.78, 5) is 13.6. The summed E-state index contributed by atoms with van der Waals surface area (Å²) in [6.07, 6.45) is 1.86. The maximum atomic E-state index is 14.4. The molecule has 0 aromatic heterocycles. The molecule has 1 atom stereocenters. The van der Waals surface area contributed by atoms with E-state index in [1.54, 1.807) is 6.07 Å². The SMILES string of the molecule is CCCNC(C)c1cccc(F)c1N1CCCNC(=O)C1. The van der Waals surface area contributed by atoms with Crippen molar-refractivity contribution in [3.05, 3.63) is 29.6 Å². The van der Waals surface area contributed by atoms with Crippen LogP contribution in [0.2, 0.25) is 0 Å². The average molecular weight is 293 g/mol. The van der Waals surface area contributed by atoms with Gasteiger partial charge in [0.15, 0.2) is 0 Å². The van der Waals surface area contributed by atoms with Crippen LogP contribution in [-0.4, -0.2) is 32.1 Å². The molecule has 1 unspecified atom stereocenters. The zero-order chi connectivity index (χ0) is 15.2. The Morgan fingerprint density at radius 2 is 2.29 bits per heavy atom. The minimum atomic E-state index is -0.257. The molecule has 1 aromatic carbocycles. The van der Waals surface area contributed by atoms with Gasteiger partial charge in [-0.2, -0.15) is 0 Å². The number of rotatable bonds is 5. The Bertz CT molecular complexity index is 492. The molecule has 1 aliphatic rings. The van der Waals surface area contributed by atoms with Crippen molar-refractivity contribution in [3.63, 3.8) is 0 Å². The summed E-state index contributed by atoms with van der Waals surface area (Å²) in [5.74, 6) is -0.303. The van der Waals surface area contributed by atoms with Gasteiger partial charge in [0, 0.05) is 19.1 Å². The molecule has 1 saturated heterocycles. The first-order chi connectivity index (χ1) is 10.1. The number of halogens is 1. The third-order valence-electron chi connectivity index (χ3n) is 3.76. The summed E-state index contributed by atoms with van der Waals surface area (Å²) in [5, 5.41) is 6.22. The van der Waals surface area contributed by atoms with Gasteiger partial charge >= 0.3 is 0 Å². The van der Waals surface area contributed by atoms with Gasteiger partial charge in [0.1, 0.15) is 5.82 Å². The van der Waals surface area contributed by atoms with E-state index < -0.39 is 0 Å². The lowest BCUT2D eigenvalue weighted by Crippen LogP contribution is -2.35. The molecule has 1 aromatic rings. The Hall–Kier alpha value is -1.62. The lowest BCUT2D eigenvalue weighted by molar-refractivity contribution is -0.119. The second-order valence-electron chi connectivity index (χ2n) is 5.48. The molecule has 2 N–H and O–H groups in total. The Balaban J connectivity index is 2.30. The standard InChI is InChI=1S/C16H24FN3O/c1-3-8-18-12(2)13-6-4-7-14(17)16(13)20-10-5-9-19-15(21)11-20/h4,6-7,12,18H,3,5,8-11H2,1-2H3,(H,19,21). The van der Waals surface area contributed by atoms with Crippen LogP contribution in [-0.2, 0) is 4.79 Å². The molecule has 1 amide bonds. The van der Waals surface area contributed by atoms with E-state index in [2.05, 4.69) is 17.6 Å². The average Bonchev–Trinajstić information content (AvgIpc) is 2.68. The molecule has 0 saturated carbocycles. The van der Waals surface area contributed by atoms with E-state index in [0.29, 0.717) is 18.8 Å². The number of benzene rings is 1. The summed E-state index contributed by atoms with van der Waals surface area (Å²) in [6, 6.07) is 5.20. The van der Waals surface area contributed by atoms with Crippen LogP contribution in [0.4, 0.5) is 10.1 Å². The molecule has 1 heterocycles. The molecule has 1 fully saturated rings. The number of nitrogens with one attached hydrogen (secondary N) is 2. The van der Waals surface area contributed by atoms with Gasteiger partial charge in [-0.05, 0) is 37.9 Å². The van der Waals surface area contributed by atoms with Crippen molar-refractivity contribution in [1.29, 1.82) is 0 Å². The largest absolute Gasteiger partial charge is 0.360 e. The maximum absolute atomic E-state index is 14.4. The first kappa shape index (κ1) is 15.8. The smallest absolute Gasteiger partial charge is 0.239 e. The molecule has 21 heavy (non-hydrogen) atoms. The molecule has 2 rings (SSSR count). The van der Waals surface area contributed by atoms with E-state index in [4.69, 9.17) is 0 Å². The molecule has 0 radical (unpaired) electrons. The van der Waals surface area contributed by atoms with E-state index in [1.807, 2.05) is 17.9 Å². The summed E-state index contributed by atoms with van der Waals surface area (Å²) < 4.78 is 14.4. The third-order valence-corrected chi connectivity index (χ3v) is 3.76. The van der Waals surface area contributed by atoms with Crippen LogP contribution in [0.5, 0.6) is 0 Å². The van der Waals surface area contributed by atoms with Crippen LogP contribution >= 0.6 is 0 Å². The van der Waals surface area contributed by atoms with Crippen molar-refractivity contribution in [3.8, 4) is 0 Å². The van der Waals surface area contributed by atoms with Crippen molar-refractivity contribution >= 4 is 11.6 Å². The van der Waals surface area contributed by atoms with Crippen molar-refractivity contribution in [2.24, 2.45) is 0 Å². The van der Waals surface area contributed by atoms with Gasteiger partial charge in [0.05, 0.1) is 12.2 Å². The fourth-order valence-corrected chi connectivity index (χ4v) is 2.68. The second-order valence-corrected chi connectivity index (χ2v) is 5.48. The van der Waals surface area contributed by atoms with Crippen molar-refractivity contribution in [2.45, 2.75) is 32.7 Å². The number of nitrogens with zero attached hydrogens (tertiary/aromatic N) is 1. The predicted molar refractivity (Wildman–Crippen MR) is 82.9 cm³/mol. The first-order valence-electron chi connectivity index (χ1n) is 7.67. The van der Waals surface area contributed by atoms with Gasteiger partial charge in [-0.1, -0.05) is 19.1 Å². The molecular weight excluding hydrogens is 269 g/mol. The van der Waals surface area contributed by atoms with Crippen LogP contribution in [0.1, 0.15) is 38.3 Å². The molecule has 1 aliphatic heterocycles. The van der Waals surface area contributed by atoms with Gasteiger partial charge in [0.25, 0.3) is 0 Å². The van der Waals surface area contributed by atoms with Crippen LogP contribution in [0, 0.1) is 5.82 Å². The number of carbonyl (C=O) groups excluding carboxylic acids is 1. The highest BCUT2D eigenvalue weighted by Gasteiger charge is 2.22. The van der Waals surface area contributed by atoms with E-state index in [9.17, 15) is 9.18 Å². The number of amides is 1. The molecule has 116 valence electrons. The quantitative estimate of drug-likeness (QED) is 0.875. The number of carbonyl (C=O) groups is 1. The Labute approximate surface area is 125 Å². The summed E-state index contributed by atoms with van der Waals surface area (Å²) in [5.41, 5.74) is 1.48. The first-order valence-corrected chi connectivity index (χ1v) is 7.67. The zero-order valence-corrected chi connectivity index (χ0v) is 12.8. The fraction of sp³-hybridized carbons (Fsp3) is 0.562. The molecule has 4 nitrogen and oxygen atoms in total. The maximum Gasteiger partial charge on any atom is 0.239 e. The lowest BCUT2D eigenvalue weighted by atomic mass is 10.0. The third kappa shape index (κ3) is 3.94. The molecule has 5 heteroatoms. The van der Waals surface area contributed by atoms with Gasteiger partial charge < -0.3 is 15.5 Å². The molecule has 0 bridgehead atoms. The van der Waals surface area contributed by atoms with Crippen LogP contribution < -0.4 is 15.5 Å². The lowest BCUT2D eigenvalue weighted by Gasteiger charge is -2.27. The summed E-state index contributed by atoms with van der Waals surface area (Å²) in [6.45, 7) is 6.58. The van der Waals surface area contributed by atoms with E-state index in [0.717, 1.165) is 24.9 Å². The number of anilines is 1. The normalized spacial score (nSPS) is 17.3. The topological polar surface area (TPSA) is 44.4 Å². The number of hydrogen-bond acceptors (Lipinski definition) is 3. The van der Waals surface area contributed by atoms with Gasteiger partial charge in [0.2, 0.25) is 5.91 Å². The Morgan fingerprint density at radius 1 is 1.48 bits per heavy atom. The molecule has 0 spiro atoms. The fourth-order valence-electron chi connectivity index (χ4n) is 2.68. The molecular formula is C16H24FN3O. The monoisotopic (exact) mass is 293 g/mol. The molecule has 0 aliphatic carbocycles. The van der Waals surface area contributed by atoms with E-state index in [1.165, 1.54) is 6.07 Å². The second kappa shape index (κ2) is 7.41.